The first kappa shape index (κ1) is 19.4. The molecule has 6 nitrogen and oxygen atoms in total. The maximum Gasteiger partial charge on any atom is 0.271 e. The number of methoxy groups -OCH3 is 1. The van der Waals surface area contributed by atoms with Gasteiger partial charge in [-0.25, -0.2) is 4.99 Å². The maximum absolute atomic E-state index is 12.7. The van der Waals surface area contributed by atoms with Crippen LogP contribution in [-0.2, 0) is 0 Å². The lowest BCUT2D eigenvalue weighted by molar-refractivity contribution is 0.319. The number of hydrogen-bond donors (Lipinski definition) is 1. The quantitative estimate of drug-likeness (QED) is 0.735. The van der Waals surface area contributed by atoms with Crippen LogP contribution in [0.25, 0.3) is 0 Å². The molecule has 1 N–H and O–H groups in total. The van der Waals surface area contributed by atoms with Crippen LogP contribution >= 0.6 is 11.8 Å². The van der Waals surface area contributed by atoms with Gasteiger partial charge in [0.15, 0.2) is 17.3 Å². The highest BCUT2D eigenvalue weighted by atomic mass is 32.2. The van der Waals surface area contributed by atoms with Crippen molar-refractivity contribution >= 4 is 22.6 Å². The van der Waals surface area contributed by atoms with E-state index in [1.165, 1.54) is 0 Å². The van der Waals surface area contributed by atoms with E-state index in [4.69, 9.17) is 9.47 Å². The second-order valence-electron chi connectivity index (χ2n) is 6.93. The molecule has 2 aromatic rings. The summed E-state index contributed by atoms with van der Waals surface area (Å²) in [5, 5.41) is 3.69. The number of thioether (sulfide) groups is 1. The van der Waals surface area contributed by atoms with Crippen molar-refractivity contribution in [2.45, 2.75) is 39.0 Å². The van der Waals surface area contributed by atoms with Gasteiger partial charge in [-0.15, -0.1) is 0 Å². The number of aromatic amines is 1. The minimum atomic E-state index is -0.148. The van der Waals surface area contributed by atoms with Crippen LogP contribution in [0.15, 0.2) is 40.1 Å². The predicted octanol–water partition coefficient (Wildman–Crippen LogP) is 4.61. The third-order valence-corrected chi connectivity index (χ3v) is 5.41. The fraction of sp³-hybridized carbons (Fsp3) is 0.400. The topological polar surface area (TPSA) is 68.6 Å². The molecule has 3 rings (SSSR count). The van der Waals surface area contributed by atoms with Crippen LogP contribution in [0.1, 0.15) is 50.1 Å². The van der Waals surface area contributed by atoms with E-state index in [0.717, 1.165) is 16.2 Å². The lowest BCUT2D eigenvalue weighted by Crippen LogP contribution is -2.13. The molecular weight excluding hydrogens is 362 g/mol. The van der Waals surface area contributed by atoms with Gasteiger partial charge in [0.1, 0.15) is 6.61 Å². The van der Waals surface area contributed by atoms with Crippen molar-refractivity contribution in [3.63, 3.8) is 0 Å². The Kier molecular flexibility index (Phi) is 5.51. The lowest BCUT2D eigenvalue weighted by Gasteiger charge is -2.22. The normalized spacial score (nSPS) is 16.1. The smallest absolute Gasteiger partial charge is 0.271 e. The Hall–Kier alpha value is -2.41. The van der Waals surface area contributed by atoms with E-state index in [-0.39, 0.29) is 16.9 Å². The second-order valence-corrected chi connectivity index (χ2v) is 8.22. The first-order chi connectivity index (χ1) is 12.8. The van der Waals surface area contributed by atoms with Crippen molar-refractivity contribution in [1.29, 1.82) is 0 Å². The highest BCUT2D eigenvalue weighted by Crippen LogP contribution is 2.45. The van der Waals surface area contributed by atoms with Gasteiger partial charge in [-0.1, -0.05) is 24.4 Å². The average molecular weight is 388 g/mol. The number of fused-ring (bicyclic) bond motifs is 1. The third-order valence-electron chi connectivity index (χ3n) is 4.23. The number of aliphatic imine (C=N–C) groups is 1. The van der Waals surface area contributed by atoms with Crippen LogP contribution in [0.2, 0.25) is 0 Å². The molecule has 0 fully saturated rings. The molecule has 1 aromatic heterocycles. The van der Waals surface area contributed by atoms with Gasteiger partial charge in [0, 0.05) is 6.04 Å². The van der Waals surface area contributed by atoms with E-state index >= 15 is 0 Å². The van der Waals surface area contributed by atoms with Crippen LogP contribution in [0, 0.1) is 0 Å². The first-order valence-electron chi connectivity index (χ1n) is 8.83. The van der Waals surface area contributed by atoms with Crippen molar-refractivity contribution in [2.24, 2.45) is 4.99 Å². The summed E-state index contributed by atoms with van der Waals surface area (Å²) in [5.41, 5.74) is 2.48. The first-order valence-corrected chi connectivity index (χ1v) is 9.71. The second kappa shape index (κ2) is 7.68. The monoisotopic (exact) mass is 387 g/mol. The molecule has 144 valence electrons. The van der Waals surface area contributed by atoms with E-state index < -0.39 is 0 Å². The summed E-state index contributed by atoms with van der Waals surface area (Å²) >= 11 is 1.57. The fourth-order valence-corrected chi connectivity index (χ4v) is 4.08. The average Bonchev–Trinajstić information content (AvgIpc) is 2.95. The summed E-state index contributed by atoms with van der Waals surface area (Å²) in [6.45, 7) is 12.2. The van der Waals surface area contributed by atoms with Crippen LogP contribution in [0.5, 0.6) is 11.5 Å². The van der Waals surface area contributed by atoms with Gasteiger partial charge in [0.2, 0.25) is 0 Å². The molecule has 0 saturated carbocycles. The Morgan fingerprint density at radius 2 is 2.15 bits per heavy atom. The number of ether oxygens (including phenoxy) is 2. The van der Waals surface area contributed by atoms with Gasteiger partial charge in [0.05, 0.1) is 23.0 Å². The minimum Gasteiger partial charge on any atom is -0.493 e. The van der Waals surface area contributed by atoms with Gasteiger partial charge < -0.3 is 9.47 Å². The zero-order valence-corrected chi connectivity index (χ0v) is 17.1. The highest BCUT2D eigenvalue weighted by molar-refractivity contribution is 8.14. The summed E-state index contributed by atoms with van der Waals surface area (Å²) in [7, 11) is 1.61. The van der Waals surface area contributed by atoms with E-state index in [1.807, 2.05) is 50.6 Å². The Labute approximate surface area is 163 Å². The molecule has 1 aliphatic heterocycles. The molecule has 7 heteroatoms. The number of benzene rings is 1. The summed E-state index contributed by atoms with van der Waals surface area (Å²) in [6.07, 6.45) is 0. The van der Waals surface area contributed by atoms with Crippen LogP contribution in [0.3, 0.4) is 0 Å². The molecule has 0 saturated heterocycles. The van der Waals surface area contributed by atoms with Crippen molar-refractivity contribution in [3.05, 3.63) is 51.8 Å². The van der Waals surface area contributed by atoms with Gasteiger partial charge in [0.25, 0.3) is 5.56 Å². The lowest BCUT2D eigenvalue weighted by atomic mass is 10.1. The molecule has 1 atom stereocenters. The zero-order valence-electron chi connectivity index (χ0n) is 16.3. The number of aromatic nitrogens is 2. The van der Waals surface area contributed by atoms with E-state index in [9.17, 15) is 4.79 Å². The molecule has 0 bridgehead atoms. The number of rotatable bonds is 6. The van der Waals surface area contributed by atoms with Crippen molar-refractivity contribution in [3.8, 4) is 11.5 Å². The predicted molar refractivity (Wildman–Crippen MR) is 111 cm³/mol. The fourth-order valence-electron chi connectivity index (χ4n) is 2.99. The Balaban J connectivity index is 2.04. The molecule has 1 aromatic carbocycles. The third kappa shape index (κ3) is 3.83. The number of H-pyrrole nitrogens is 1. The van der Waals surface area contributed by atoms with Crippen molar-refractivity contribution < 1.29 is 9.47 Å². The molecule has 0 amide bonds. The Morgan fingerprint density at radius 1 is 1.41 bits per heavy atom. The number of hydrogen-bond acceptors (Lipinski definition) is 5. The summed E-state index contributed by atoms with van der Waals surface area (Å²) in [6, 6.07) is 5.91. The molecule has 2 heterocycles. The molecular formula is C20H25N3O3S. The molecule has 0 spiro atoms. The largest absolute Gasteiger partial charge is 0.493 e. The zero-order chi connectivity index (χ0) is 19.7. The van der Waals surface area contributed by atoms with Gasteiger partial charge in [-0.2, -0.15) is 0 Å². The van der Waals surface area contributed by atoms with Gasteiger partial charge >= 0.3 is 0 Å². The SMILES string of the molecule is C=C(C)COc1ccc(C2SC(C)=Nc3c2c(=O)[nH]n3C(C)C)cc1OC. The summed E-state index contributed by atoms with van der Waals surface area (Å²) < 4.78 is 13.1. The molecule has 1 unspecified atom stereocenters. The van der Waals surface area contributed by atoms with E-state index in [2.05, 4.69) is 16.7 Å². The highest BCUT2D eigenvalue weighted by Gasteiger charge is 2.31. The summed E-state index contributed by atoms with van der Waals surface area (Å²) in [5.74, 6) is 2.00. The Bertz CT molecular complexity index is 956. The van der Waals surface area contributed by atoms with E-state index in [1.54, 1.807) is 18.9 Å². The van der Waals surface area contributed by atoms with Crippen molar-refractivity contribution in [2.75, 3.05) is 13.7 Å². The molecule has 27 heavy (non-hydrogen) atoms. The van der Waals surface area contributed by atoms with Crippen LogP contribution in [-0.4, -0.2) is 28.5 Å². The minimum absolute atomic E-state index is 0.103. The molecule has 0 aliphatic carbocycles. The number of nitrogens with zero attached hydrogens (tertiary/aromatic N) is 2. The van der Waals surface area contributed by atoms with E-state index in [0.29, 0.717) is 29.5 Å². The van der Waals surface area contributed by atoms with Crippen LogP contribution in [0.4, 0.5) is 5.82 Å². The van der Waals surface area contributed by atoms with Crippen molar-refractivity contribution in [1.82, 2.24) is 9.78 Å². The maximum atomic E-state index is 12.7. The molecule has 0 radical (unpaired) electrons. The van der Waals surface area contributed by atoms with Gasteiger partial charge in [-0.05, 0) is 51.0 Å². The van der Waals surface area contributed by atoms with Gasteiger partial charge in [-0.3, -0.25) is 14.6 Å². The standard InChI is InChI=1S/C20H25N3O3S/c1-11(2)10-26-15-8-7-14(9-16(15)25-6)18-17-19(21-13(5)27-18)23(12(3)4)22-20(17)24/h7-9,12,18H,1,10H2,2-6H3,(H,22,24). The summed E-state index contributed by atoms with van der Waals surface area (Å²) in [4.78, 5) is 17.3. The number of nitrogens with one attached hydrogen (secondary N) is 1. The molecule has 1 aliphatic rings. The Morgan fingerprint density at radius 3 is 2.78 bits per heavy atom. The van der Waals surface area contributed by atoms with Crippen LogP contribution < -0.4 is 15.0 Å².